The minimum Gasteiger partial charge on any atom is -0.349 e. The van der Waals surface area contributed by atoms with E-state index in [2.05, 4.69) is 21.4 Å². The third kappa shape index (κ3) is 3.09. The zero-order valence-corrected chi connectivity index (χ0v) is 11.1. The average Bonchev–Trinajstić information content (AvgIpc) is 2.67. The fourth-order valence-corrected chi connectivity index (χ4v) is 1.89. The molecule has 1 aromatic heterocycles. The van der Waals surface area contributed by atoms with Gasteiger partial charge in [-0.3, -0.25) is 4.79 Å². The predicted octanol–water partition coefficient (Wildman–Crippen LogP) is 2.53. The lowest BCUT2D eigenvalue weighted by molar-refractivity contribution is -0.121. The number of hydrogen-bond donors (Lipinski definition) is 2. The molecule has 2 aromatic rings. The van der Waals surface area contributed by atoms with Crippen LogP contribution in [0.2, 0.25) is 0 Å². The second kappa shape index (κ2) is 5.21. The molecule has 0 unspecified atom stereocenters. The Morgan fingerprint density at radius 3 is 2.94 bits per heavy atom. The molecule has 4 nitrogen and oxygen atoms in total. The molecule has 0 fully saturated rings. The second-order valence-electron chi connectivity index (χ2n) is 5.08. The van der Waals surface area contributed by atoms with Crippen molar-refractivity contribution in [3.05, 3.63) is 29.6 Å². The summed E-state index contributed by atoms with van der Waals surface area (Å²) in [6, 6.07) is 6.08. The summed E-state index contributed by atoms with van der Waals surface area (Å²) in [7, 11) is 0. The van der Waals surface area contributed by atoms with Crippen molar-refractivity contribution in [2.75, 3.05) is 0 Å². The number of hydrogen-bond acceptors (Lipinski definition) is 2. The van der Waals surface area contributed by atoms with Crippen molar-refractivity contribution in [2.24, 2.45) is 5.92 Å². The molecular weight excluding hydrogens is 226 g/mol. The fraction of sp³-hybridized carbons (Fsp3) is 0.429. The summed E-state index contributed by atoms with van der Waals surface area (Å²) in [6.45, 7) is 6.57. The average molecular weight is 245 g/mol. The number of H-pyrrole nitrogens is 1. The Balaban J connectivity index is 2.02. The molecule has 1 amide bonds. The second-order valence-corrected chi connectivity index (χ2v) is 5.08. The smallest absolute Gasteiger partial charge is 0.220 e. The topological polar surface area (TPSA) is 57.8 Å². The Labute approximate surface area is 107 Å². The number of carbonyl (C=O) groups excluding carboxylic acids is 1. The van der Waals surface area contributed by atoms with Crippen molar-refractivity contribution in [2.45, 2.75) is 33.7 Å². The molecule has 2 N–H and O–H groups in total. The van der Waals surface area contributed by atoms with Gasteiger partial charge in [0.25, 0.3) is 0 Å². The quantitative estimate of drug-likeness (QED) is 0.869. The maximum absolute atomic E-state index is 11.5. The number of aryl methyl sites for hydroxylation is 1. The highest BCUT2D eigenvalue weighted by Crippen LogP contribution is 2.13. The summed E-state index contributed by atoms with van der Waals surface area (Å²) in [4.78, 5) is 19.2. The molecule has 1 heterocycles. The highest BCUT2D eigenvalue weighted by atomic mass is 16.1. The molecule has 0 saturated heterocycles. The minimum atomic E-state index is 0.0710. The van der Waals surface area contributed by atoms with Crippen molar-refractivity contribution < 1.29 is 4.79 Å². The standard InChI is InChI=1S/C14H19N3O/c1-9(2)6-14(18)15-8-13-16-11-5-4-10(3)7-12(11)17-13/h4-5,7,9H,6,8H2,1-3H3,(H,15,18)(H,16,17). The van der Waals surface area contributed by atoms with E-state index in [0.29, 0.717) is 18.9 Å². The van der Waals surface area contributed by atoms with E-state index in [0.717, 1.165) is 16.9 Å². The monoisotopic (exact) mass is 245 g/mol. The van der Waals surface area contributed by atoms with Crippen LogP contribution in [0.25, 0.3) is 11.0 Å². The molecule has 1 aromatic carbocycles. The maximum atomic E-state index is 11.5. The van der Waals surface area contributed by atoms with E-state index < -0.39 is 0 Å². The molecule has 0 saturated carbocycles. The van der Waals surface area contributed by atoms with Crippen LogP contribution in [0.4, 0.5) is 0 Å². The predicted molar refractivity (Wildman–Crippen MR) is 72.1 cm³/mol. The molecule has 0 atom stereocenters. The van der Waals surface area contributed by atoms with Crippen molar-refractivity contribution >= 4 is 16.9 Å². The van der Waals surface area contributed by atoms with Gasteiger partial charge in [0.05, 0.1) is 17.6 Å². The van der Waals surface area contributed by atoms with E-state index in [9.17, 15) is 4.79 Å². The summed E-state index contributed by atoms with van der Waals surface area (Å²) >= 11 is 0. The van der Waals surface area contributed by atoms with Crippen LogP contribution in [0.1, 0.15) is 31.7 Å². The summed E-state index contributed by atoms with van der Waals surface area (Å²) in [5.74, 6) is 1.25. The first-order valence-electron chi connectivity index (χ1n) is 6.26. The van der Waals surface area contributed by atoms with Crippen LogP contribution in [0.3, 0.4) is 0 Å². The Hall–Kier alpha value is -1.84. The molecule has 0 aliphatic rings. The molecule has 0 radical (unpaired) electrons. The lowest BCUT2D eigenvalue weighted by Gasteiger charge is -2.04. The molecule has 0 aliphatic carbocycles. The van der Waals surface area contributed by atoms with Gasteiger partial charge in [-0.2, -0.15) is 0 Å². The number of imidazole rings is 1. The summed E-state index contributed by atoms with van der Waals surface area (Å²) in [6.07, 6.45) is 0.555. The van der Waals surface area contributed by atoms with Gasteiger partial charge < -0.3 is 10.3 Å². The third-order valence-corrected chi connectivity index (χ3v) is 2.73. The van der Waals surface area contributed by atoms with Crippen molar-refractivity contribution in [1.29, 1.82) is 0 Å². The number of nitrogens with one attached hydrogen (secondary N) is 2. The van der Waals surface area contributed by atoms with Gasteiger partial charge in [0.2, 0.25) is 5.91 Å². The Morgan fingerprint density at radius 2 is 2.22 bits per heavy atom. The largest absolute Gasteiger partial charge is 0.349 e. The molecule has 0 aliphatic heterocycles. The molecule has 0 bridgehead atoms. The van der Waals surface area contributed by atoms with Crippen molar-refractivity contribution in [3.8, 4) is 0 Å². The van der Waals surface area contributed by atoms with Gasteiger partial charge in [-0.15, -0.1) is 0 Å². The highest BCUT2D eigenvalue weighted by Gasteiger charge is 2.06. The molecule has 2 rings (SSSR count). The Bertz CT molecular complexity index is 557. The van der Waals surface area contributed by atoms with E-state index in [1.54, 1.807) is 0 Å². The zero-order chi connectivity index (χ0) is 13.1. The van der Waals surface area contributed by atoms with Crippen LogP contribution in [0.5, 0.6) is 0 Å². The number of rotatable bonds is 4. The number of aromatic nitrogens is 2. The van der Waals surface area contributed by atoms with Gasteiger partial charge in [-0.05, 0) is 30.5 Å². The van der Waals surface area contributed by atoms with Gasteiger partial charge in [-0.25, -0.2) is 4.98 Å². The van der Waals surface area contributed by atoms with E-state index >= 15 is 0 Å². The Morgan fingerprint density at radius 1 is 1.44 bits per heavy atom. The first-order valence-corrected chi connectivity index (χ1v) is 6.26. The lowest BCUT2D eigenvalue weighted by atomic mass is 10.1. The van der Waals surface area contributed by atoms with Crippen LogP contribution in [0, 0.1) is 12.8 Å². The number of benzene rings is 1. The van der Waals surface area contributed by atoms with Gasteiger partial charge in [-0.1, -0.05) is 19.9 Å². The van der Waals surface area contributed by atoms with E-state index in [1.165, 1.54) is 5.56 Å². The molecule has 0 spiro atoms. The van der Waals surface area contributed by atoms with E-state index in [4.69, 9.17) is 0 Å². The normalized spacial score (nSPS) is 11.1. The zero-order valence-electron chi connectivity index (χ0n) is 11.1. The van der Waals surface area contributed by atoms with Crippen LogP contribution >= 0.6 is 0 Å². The third-order valence-electron chi connectivity index (χ3n) is 2.73. The molecular formula is C14H19N3O. The van der Waals surface area contributed by atoms with Crippen LogP contribution < -0.4 is 5.32 Å². The first kappa shape index (κ1) is 12.6. The Kier molecular flexibility index (Phi) is 3.65. The maximum Gasteiger partial charge on any atom is 0.220 e. The van der Waals surface area contributed by atoms with Crippen molar-refractivity contribution in [3.63, 3.8) is 0 Å². The molecule has 18 heavy (non-hydrogen) atoms. The lowest BCUT2D eigenvalue weighted by Crippen LogP contribution is -2.24. The number of fused-ring (bicyclic) bond motifs is 1. The number of aromatic amines is 1. The summed E-state index contributed by atoms with van der Waals surface area (Å²) in [5, 5.41) is 2.87. The van der Waals surface area contributed by atoms with Crippen LogP contribution in [-0.2, 0) is 11.3 Å². The van der Waals surface area contributed by atoms with Crippen molar-refractivity contribution in [1.82, 2.24) is 15.3 Å². The number of nitrogens with zero attached hydrogens (tertiary/aromatic N) is 1. The van der Waals surface area contributed by atoms with Gasteiger partial charge in [0, 0.05) is 6.42 Å². The molecule has 4 heteroatoms. The number of amides is 1. The fourth-order valence-electron chi connectivity index (χ4n) is 1.89. The first-order chi connectivity index (χ1) is 8.54. The van der Waals surface area contributed by atoms with Gasteiger partial charge >= 0.3 is 0 Å². The summed E-state index contributed by atoms with van der Waals surface area (Å²) in [5.41, 5.74) is 3.15. The summed E-state index contributed by atoms with van der Waals surface area (Å²) < 4.78 is 0. The SMILES string of the molecule is Cc1ccc2nc(CNC(=O)CC(C)C)[nH]c2c1. The van der Waals surface area contributed by atoms with E-state index in [-0.39, 0.29) is 5.91 Å². The van der Waals surface area contributed by atoms with Crippen LogP contribution in [-0.4, -0.2) is 15.9 Å². The van der Waals surface area contributed by atoms with Crippen LogP contribution in [0.15, 0.2) is 18.2 Å². The van der Waals surface area contributed by atoms with Gasteiger partial charge in [0.15, 0.2) is 0 Å². The van der Waals surface area contributed by atoms with E-state index in [1.807, 2.05) is 32.9 Å². The number of carbonyl (C=O) groups is 1. The minimum absolute atomic E-state index is 0.0710. The molecule has 96 valence electrons. The van der Waals surface area contributed by atoms with Gasteiger partial charge in [0.1, 0.15) is 5.82 Å². The highest BCUT2D eigenvalue weighted by molar-refractivity contribution is 5.77.